The molecule has 0 aliphatic carbocycles. The van der Waals surface area contributed by atoms with Crippen LogP contribution in [0.3, 0.4) is 0 Å². The third kappa shape index (κ3) is 4.79. The first-order chi connectivity index (χ1) is 11.3. The Morgan fingerprint density at radius 2 is 1.96 bits per heavy atom. The van der Waals surface area contributed by atoms with Gasteiger partial charge in [0.25, 0.3) is 0 Å². The minimum absolute atomic E-state index is 0.157. The Morgan fingerprint density at radius 1 is 1.17 bits per heavy atom. The molecule has 2 heterocycles. The van der Waals surface area contributed by atoms with Crippen molar-refractivity contribution in [2.75, 3.05) is 39.4 Å². The van der Waals surface area contributed by atoms with Gasteiger partial charge >= 0.3 is 0 Å². The zero-order valence-corrected chi connectivity index (χ0v) is 13.9. The summed E-state index contributed by atoms with van der Waals surface area (Å²) in [5.41, 5.74) is 1.67. The van der Waals surface area contributed by atoms with Gasteiger partial charge in [0, 0.05) is 26.3 Å². The van der Waals surface area contributed by atoms with Crippen molar-refractivity contribution < 1.29 is 9.53 Å². The molecule has 1 aromatic carbocycles. The number of piperidine rings is 1. The third-order valence-electron chi connectivity index (χ3n) is 5.24. The van der Waals surface area contributed by atoms with Gasteiger partial charge in [-0.3, -0.25) is 9.69 Å². The van der Waals surface area contributed by atoms with E-state index in [4.69, 9.17) is 4.74 Å². The van der Waals surface area contributed by atoms with E-state index in [9.17, 15) is 4.79 Å². The first-order valence-corrected chi connectivity index (χ1v) is 8.87. The van der Waals surface area contributed by atoms with Crippen LogP contribution in [0.5, 0.6) is 0 Å². The fourth-order valence-electron chi connectivity index (χ4n) is 3.91. The Labute approximate surface area is 139 Å². The van der Waals surface area contributed by atoms with Crippen LogP contribution in [0.2, 0.25) is 0 Å². The van der Waals surface area contributed by atoms with Gasteiger partial charge in [-0.25, -0.2) is 0 Å². The van der Waals surface area contributed by atoms with E-state index < -0.39 is 0 Å². The number of ether oxygens (including phenoxy) is 1. The van der Waals surface area contributed by atoms with E-state index in [-0.39, 0.29) is 5.91 Å². The summed E-state index contributed by atoms with van der Waals surface area (Å²) in [7, 11) is 0. The predicted octanol–water partition coefficient (Wildman–Crippen LogP) is 2.24. The van der Waals surface area contributed by atoms with Gasteiger partial charge in [0.2, 0.25) is 5.91 Å². The van der Waals surface area contributed by atoms with Gasteiger partial charge in [0.05, 0.1) is 6.54 Å². The fourth-order valence-corrected chi connectivity index (χ4v) is 3.91. The van der Waals surface area contributed by atoms with Crippen LogP contribution in [-0.4, -0.2) is 50.2 Å². The normalized spacial score (nSPS) is 21.2. The molecule has 1 aromatic rings. The minimum Gasteiger partial charge on any atom is -0.381 e. The van der Waals surface area contributed by atoms with Crippen LogP contribution >= 0.6 is 0 Å². The summed E-state index contributed by atoms with van der Waals surface area (Å²) in [6, 6.07) is 10.3. The number of hydrogen-bond donors (Lipinski definition) is 1. The molecule has 2 saturated heterocycles. The molecule has 4 nitrogen and oxygen atoms in total. The molecule has 126 valence electrons. The number of hydrogen-bond acceptors (Lipinski definition) is 3. The standard InChI is InChI=1S/C19H28N2O2/c22-18(20-11-7-17-5-2-1-3-6-17)15-21-12-4-8-19(16-21)9-13-23-14-10-19/h1-3,5-6H,4,7-16H2,(H,20,22). The summed E-state index contributed by atoms with van der Waals surface area (Å²) in [5, 5.41) is 3.06. The lowest BCUT2D eigenvalue weighted by Gasteiger charge is -2.44. The van der Waals surface area contributed by atoms with Crippen molar-refractivity contribution in [2.24, 2.45) is 5.41 Å². The SMILES string of the molecule is O=C(CN1CCCC2(CCOCC2)C1)NCCc1ccccc1. The maximum atomic E-state index is 12.2. The highest BCUT2D eigenvalue weighted by molar-refractivity contribution is 5.78. The Hall–Kier alpha value is -1.39. The Bertz CT molecular complexity index is 492. The lowest BCUT2D eigenvalue weighted by molar-refractivity contribution is -0.123. The van der Waals surface area contributed by atoms with Crippen molar-refractivity contribution in [2.45, 2.75) is 32.1 Å². The third-order valence-corrected chi connectivity index (χ3v) is 5.24. The molecule has 1 spiro atoms. The Kier molecular flexibility index (Phi) is 5.68. The number of benzene rings is 1. The molecule has 2 fully saturated rings. The molecular formula is C19H28N2O2. The van der Waals surface area contributed by atoms with Crippen molar-refractivity contribution in [3.05, 3.63) is 35.9 Å². The maximum absolute atomic E-state index is 12.2. The summed E-state index contributed by atoms with van der Waals surface area (Å²) in [4.78, 5) is 14.5. The summed E-state index contributed by atoms with van der Waals surface area (Å²) in [6.45, 7) is 5.14. The van der Waals surface area contributed by atoms with Crippen LogP contribution in [0.15, 0.2) is 30.3 Å². The average molecular weight is 316 g/mol. The number of carbonyl (C=O) groups is 1. The molecule has 0 saturated carbocycles. The van der Waals surface area contributed by atoms with Crippen LogP contribution in [-0.2, 0) is 16.0 Å². The van der Waals surface area contributed by atoms with Crippen LogP contribution < -0.4 is 5.32 Å². The molecule has 0 bridgehead atoms. The van der Waals surface area contributed by atoms with Gasteiger partial charge in [0.15, 0.2) is 0 Å². The van der Waals surface area contributed by atoms with Crippen molar-refractivity contribution in [1.82, 2.24) is 10.2 Å². The summed E-state index contributed by atoms with van der Waals surface area (Å²) < 4.78 is 5.51. The second-order valence-corrected chi connectivity index (χ2v) is 7.01. The van der Waals surface area contributed by atoms with E-state index >= 15 is 0 Å². The smallest absolute Gasteiger partial charge is 0.234 e. The lowest BCUT2D eigenvalue weighted by Crippen LogP contribution is -2.49. The molecule has 1 amide bonds. The van der Waals surface area contributed by atoms with Crippen molar-refractivity contribution >= 4 is 5.91 Å². The summed E-state index contributed by atoms with van der Waals surface area (Å²) >= 11 is 0. The molecule has 23 heavy (non-hydrogen) atoms. The number of rotatable bonds is 5. The number of likely N-dealkylation sites (tertiary alicyclic amines) is 1. The van der Waals surface area contributed by atoms with Crippen molar-refractivity contribution in [1.29, 1.82) is 0 Å². The van der Waals surface area contributed by atoms with E-state index in [0.29, 0.717) is 12.0 Å². The molecule has 0 aromatic heterocycles. The van der Waals surface area contributed by atoms with Crippen LogP contribution in [0.4, 0.5) is 0 Å². The van der Waals surface area contributed by atoms with Crippen LogP contribution in [0.1, 0.15) is 31.2 Å². The largest absolute Gasteiger partial charge is 0.381 e. The molecule has 0 radical (unpaired) electrons. The number of amides is 1. The topological polar surface area (TPSA) is 41.6 Å². The molecule has 2 aliphatic heterocycles. The maximum Gasteiger partial charge on any atom is 0.234 e. The van der Waals surface area contributed by atoms with Gasteiger partial charge in [-0.15, -0.1) is 0 Å². The van der Waals surface area contributed by atoms with Gasteiger partial charge < -0.3 is 10.1 Å². The van der Waals surface area contributed by atoms with Gasteiger partial charge in [-0.2, -0.15) is 0 Å². The molecule has 0 unspecified atom stereocenters. The summed E-state index contributed by atoms with van der Waals surface area (Å²) in [5.74, 6) is 0.157. The zero-order chi connectivity index (χ0) is 16.0. The van der Waals surface area contributed by atoms with Gasteiger partial charge in [-0.1, -0.05) is 30.3 Å². The van der Waals surface area contributed by atoms with Crippen LogP contribution in [0, 0.1) is 5.41 Å². The lowest BCUT2D eigenvalue weighted by atomic mass is 9.74. The van der Waals surface area contributed by atoms with Crippen molar-refractivity contribution in [3.63, 3.8) is 0 Å². The predicted molar refractivity (Wildman–Crippen MR) is 91.3 cm³/mol. The van der Waals surface area contributed by atoms with E-state index in [2.05, 4.69) is 22.3 Å². The summed E-state index contributed by atoms with van der Waals surface area (Å²) in [6.07, 6.45) is 5.70. The minimum atomic E-state index is 0.157. The first-order valence-electron chi connectivity index (χ1n) is 8.87. The highest BCUT2D eigenvalue weighted by Gasteiger charge is 2.37. The van der Waals surface area contributed by atoms with E-state index in [1.165, 1.54) is 18.4 Å². The molecule has 0 atom stereocenters. The van der Waals surface area contributed by atoms with Gasteiger partial charge in [-0.05, 0) is 49.6 Å². The highest BCUT2D eigenvalue weighted by atomic mass is 16.5. The van der Waals surface area contributed by atoms with E-state index in [1.54, 1.807) is 0 Å². The molecule has 2 aliphatic rings. The Balaban J connectivity index is 1.40. The second kappa shape index (κ2) is 7.93. The quantitative estimate of drug-likeness (QED) is 0.906. The zero-order valence-electron chi connectivity index (χ0n) is 13.9. The monoisotopic (exact) mass is 316 g/mol. The number of nitrogens with one attached hydrogen (secondary N) is 1. The highest BCUT2D eigenvalue weighted by Crippen LogP contribution is 2.38. The number of nitrogens with zero attached hydrogens (tertiary/aromatic N) is 1. The Morgan fingerprint density at radius 3 is 2.74 bits per heavy atom. The van der Waals surface area contributed by atoms with Crippen LogP contribution in [0.25, 0.3) is 0 Å². The molecule has 1 N–H and O–H groups in total. The van der Waals surface area contributed by atoms with Gasteiger partial charge in [0.1, 0.15) is 0 Å². The molecule has 4 heteroatoms. The second-order valence-electron chi connectivity index (χ2n) is 7.01. The molecule has 3 rings (SSSR count). The van der Waals surface area contributed by atoms with Crippen molar-refractivity contribution in [3.8, 4) is 0 Å². The average Bonchev–Trinajstić information content (AvgIpc) is 2.56. The van der Waals surface area contributed by atoms with E-state index in [0.717, 1.165) is 52.1 Å². The first kappa shape index (κ1) is 16.5. The molecular weight excluding hydrogens is 288 g/mol. The van der Waals surface area contributed by atoms with E-state index in [1.807, 2.05) is 18.2 Å². The fraction of sp³-hybridized carbons (Fsp3) is 0.632. The number of carbonyl (C=O) groups excluding carboxylic acids is 1.